The Kier molecular flexibility index (Phi) is 7.73. The molecule has 22 heavy (non-hydrogen) atoms. The highest BCUT2D eigenvalue weighted by atomic mass is 16.5. The van der Waals surface area contributed by atoms with Crippen LogP contribution in [0.5, 0.6) is 0 Å². The molecule has 1 fully saturated rings. The molecule has 0 radical (unpaired) electrons. The molecular formula is C21H32O. The average Bonchev–Trinajstić information content (AvgIpc) is 2.58. The normalized spacial score (nSPS) is 22.3. The molecule has 0 atom stereocenters. The summed E-state index contributed by atoms with van der Waals surface area (Å²) in [6.45, 7) is 5.97. The molecule has 122 valence electrons. The highest BCUT2D eigenvalue weighted by molar-refractivity contribution is 5.25. The van der Waals surface area contributed by atoms with E-state index in [9.17, 15) is 0 Å². The van der Waals surface area contributed by atoms with Crippen molar-refractivity contribution in [1.82, 2.24) is 0 Å². The Morgan fingerprint density at radius 1 is 1.09 bits per heavy atom. The summed E-state index contributed by atoms with van der Waals surface area (Å²) in [7, 11) is 0. The van der Waals surface area contributed by atoms with Crippen molar-refractivity contribution in [2.45, 2.75) is 71.3 Å². The van der Waals surface area contributed by atoms with E-state index in [4.69, 9.17) is 4.74 Å². The zero-order valence-corrected chi connectivity index (χ0v) is 14.4. The first-order chi connectivity index (χ1) is 10.8. The van der Waals surface area contributed by atoms with Crippen molar-refractivity contribution in [2.24, 2.45) is 5.92 Å². The molecule has 0 aromatic heterocycles. The number of benzene rings is 1. The minimum Gasteiger partial charge on any atom is -0.377 e. The monoisotopic (exact) mass is 300 g/mol. The number of ether oxygens (including phenoxy) is 1. The maximum Gasteiger partial charge on any atom is 0.0716 e. The molecule has 1 aromatic carbocycles. The van der Waals surface area contributed by atoms with E-state index in [-0.39, 0.29) is 0 Å². The highest BCUT2D eigenvalue weighted by Gasteiger charge is 2.21. The number of hydrogen-bond acceptors (Lipinski definition) is 1. The fourth-order valence-corrected chi connectivity index (χ4v) is 3.38. The fraction of sp³-hybridized carbons (Fsp3) is 0.619. The summed E-state index contributed by atoms with van der Waals surface area (Å²) in [5, 5.41) is 0. The number of unbranched alkanes of at least 4 members (excludes halogenated alkanes) is 1. The van der Waals surface area contributed by atoms with Crippen molar-refractivity contribution < 1.29 is 4.74 Å². The minimum absolute atomic E-state index is 0.760. The lowest BCUT2D eigenvalue weighted by atomic mass is 9.77. The number of rotatable bonds is 8. The maximum absolute atomic E-state index is 5.69. The van der Waals surface area contributed by atoms with Crippen molar-refractivity contribution in [1.29, 1.82) is 0 Å². The van der Waals surface area contributed by atoms with E-state index in [1.807, 2.05) is 0 Å². The standard InChI is InChI=1S/C21H32O/c1-3-5-7-18-8-12-20(13-9-18)21-14-10-19(11-15-21)17-22-16-6-4-2/h3,5,10-11,14-15,18,20H,4,6-9,12-13,16-17H2,1-2H3/b5-3+. The van der Waals surface area contributed by atoms with Crippen LogP contribution in [0.2, 0.25) is 0 Å². The summed E-state index contributed by atoms with van der Waals surface area (Å²) in [5.74, 6) is 1.69. The maximum atomic E-state index is 5.69. The van der Waals surface area contributed by atoms with Gasteiger partial charge in [0.25, 0.3) is 0 Å². The van der Waals surface area contributed by atoms with Gasteiger partial charge in [-0.05, 0) is 68.4 Å². The summed E-state index contributed by atoms with van der Waals surface area (Å²) >= 11 is 0. The van der Waals surface area contributed by atoms with Gasteiger partial charge in [-0.2, -0.15) is 0 Å². The zero-order chi connectivity index (χ0) is 15.6. The molecule has 0 N–H and O–H groups in total. The van der Waals surface area contributed by atoms with Gasteiger partial charge >= 0.3 is 0 Å². The van der Waals surface area contributed by atoms with Crippen LogP contribution in [0.1, 0.15) is 75.8 Å². The Bertz CT molecular complexity index is 424. The molecule has 1 heteroatoms. The summed E-state index contributed by atoms with van der Waals surface area (Å²) in [4.78, 5) is 0. The van der Waals surface area contributed by atoms with Gasteiger partial charge in [0.15, 0.2) is 0 Å². The first kappa shape index (κ1) is 17.3. The molecule has 1 saturated carbocycles. The van der Waals surface area contributed by atoms with E-state index in [1.165, 1.54) is 49.7 Å². The van der Waals surface area contributed by atoms with E-state index in [1.54, 1.807) is 0 Å². The van der Waals surface area contributed by atoms with Crippen molar-refractivity contribution in [3.8, 4) is 0 Å². The molecule has 0 aliphatic heterocycles. The quantitative estimate of drug-likeness (QED) is 0.407. The van der Waals surface area contributed by atoms with Crippen LogP contribution < -0.4 is 0 Å². The van der Waals surface area contributed by atoms with E-state index < -0.39 is 0 Å². The molecule has 0 bridgehead atoms. The smallest absolute Gasteiger partial charge is 0.0716 e. The molecular weight excluding hydrogens is 268 g/mol. The summed E-state index contributed by atoms with van der Waals surface area (Å²) in [5.41, 5.74) is 2.84. The topological polar surface area (TPSA) is 9.23 Å². The second-order valence-corrected chi connectivity index (χ2v) is 6.67. The zero-order valence-electron chi connectivity index (χ0n) is 14.4. The van der Waals surface area contributed by atoms with Crippen molar-refractivity contribution in [2.75, 3.05) is 6.61 Å². The highest BCUT2D eigenvalue weighted by Crippen LogP contribution is 2.37. The molecule has 2 rings (SSSR count). The van der Waals surface area contributed by atoms with Crippen molar-refractivity contribution in [3.63, 3.8) is 0 Å². The molecule has 1 aliphatic carbocycles. The summed E-state index contributed by atoms with van der Waals surface area (Å²) in [6, 6.07) is 9.17. The van der Waals surface area contributed by atoms with Crippen LogP contribution in [0.25, 0.3) is 0 Å². The third kappa shape index (κ3) is 5.61. The molecule has 0 amide bonds. The summed E-state index contributed by atoms with van der Waals surface area (Å²) in [6.07, 6.45) is 13.6. The van der Waals surface area contributed by atoms with Crippen LogP contribution in [0.15, 0.2) is 36.4 Å². The molecule has 1 nitrogen and oxygen atoms in total. The third-order valence-corrected chi connectivity index (χ3v) is 4.91. The molecule has 0 spiro atoms. The van der Waals surface area contributed by atoms with Gasteiger partial charge in [-0.15, -0.1) is 0 Å². The second-order valence-electron chi connectivity index (χ2n) is 6.67. The summed E-state index contributed by atoms with van der Waals surface area (Å²) < 4.78 is 5.69. The molecule has 0 unspecified atom stereocenters. The Hall–Kier alpha value is -1.08. The third-order valence-electron chi connectivity index (χ3n) is 4.91. The number of allylic oxidation sites excluding steroid dienone is 2. The van der Waals surface area contributed by atoms with Gasteiger partial charge in [0, 0.05) is 6.61 Å². The van der Waals surface area contributed by atoms with Crippen LogP contribution in [0.4, 0.5) is 0 Å². The van der Waals surface area contributed by atoms with E-state index in [2.05, 4.69) is 50.3 Å². The lowest BCUT2D eigenvalue weighted by Crippen LogP contribution is -2.12. The Morgan fingerprint density at radius 3 is 2.45 bits per heavy atom. The SMILES string of the molecule is C/C=C/CC1CCC(c2ccc(COCCCC)cc2)CC1. The predicted molar refractivity (Wildman–Crippen MR) is 95.1 cm³/mol. The van der Waals surface area contributed by atoms with Crippen LogP contribution in [-0.2, 0) is 11.3 Å². The first-order valence-electron chi connectivity index (χ1n) is 9.11. The van der Waals surface area contributed by atoms with Gasteiger partial charge in [0.05, 0.1) is 6.61 Å². The van der Waals surface area contributed by atoms with E-state index >= 15 is 0 Å². The van der Waals surface area contributed by atoms with Gasteiger partial charge in [-0.1, -0.05) is 49.8 Å². The van der Waals surface area contributed by atoms with Crippen molar-refractivity contribution in [3.05, 3.63) is 47.5 Å². The lowest BCUT2D eigenvalue weighted by Gasteiger charge is -2.28. The number of hydrogen-bond donors (Lipinski definition) is 0. The van der Waals surface area contributed by atoms with Gasteiger partial charge in [-0.3, -0.25) is 0 Å². The van der Waals surface area contributed by atoms with Crippen LogP contribution in [-0.4, -0.2) is 6.61 Å². The second kappa shape index (κ2) is 9.84. The first-order valence-corrected chi connectivity index (χ1v) is 9.11. The Labute approximate surface area is 136 Å². The van der Waals surface area contributed by atoms with Gasteiger partial charge in [0.1, 0.15) is 0 Å². The van der Waals surface area contributed by atoms with Gasteiger partial charge < -0.3 is 4.74 Å². The van der Waals surface area contributed by atoms with Crippen LogP contribution in [0, 0.1) is 5.92 Å². The average molecular weight is 300 g/mol. The Morgan fingerprint density at radius 2 is 1.82 bits per heavy atom. The van der Waals surface area contributed by atoms with Crippen molar-refractivity contribution >= 4 is 0 Å². The van der Waals surface area contributed by atoms with E-state index in [0.717, 1.165) is 31.5 Å². The van der Waals surface area contributed by atoms with Gasteiger partial charge in [0.2, 0.25) is 0 Å². The molecule has 0 heterocycles. The minimum atomic E-state index is 0.760. The molecule has 1 aliphatic rings. The van der Waals surface area contributed by atoms with Crippen LogP contribution in [0.3, 0.4) is 0 Å². The fourth-order valence-electron chi connectivity index (χ4n) is 3.38. The molecule has 0 saturated heterocycles. The van der Waals surface area contributed by atoms with E-state index in [0.29, 0.717) is 0 Å². The lowest BCUT2D eigenvalue weighted by molar-refractivity contribution is 0.118. The van der Waals surface area contributed by atoms with Crippen LogP contribution >= 0.6 is 0 Å². The van der Waals surface area contributed by atoms with Gasteiger partial charge in [-0.25, -0.2) is 0 Å². The Balaban J connectivity index is 1.76. The predicted octanol–water partition coefficient (Wildman–Crippen LogP) is 6.24. The molecule has 1 aromatic rings. The largest absolute Gasteiger partial charge is 0.377 e.